The molecule has 1 aliphatic rings. The van der Waals surface area contributed by atoms with Crippen molar-refractivity contribution in [1.29, 1.82) is 0 Å². The molecular formula is C14H26INO. The fraction of sp³-hybridized carbons (Fsp3) is 0.929. The van der Waals surface area contributed by atoms with Gasteiger partial charge in [0.05, 0.1) is 3.55 Å². The summed E-state index contributed by atoms with van der Waals surface area (Å²) >= 11 is 2.45. The molecule has 1 N–H and O–H groups in total. The van der Waals surface area contributed by atoms with Gasteiger partial charge in [-0.3, -0.25) is 4.79 Å². The van der Waals surface area contributed by atoms with E-state index < -0.39 is 0 Å². The summed E-state index contributed by atoms with van der Waals surface area (Å²) in [5, 5.41) is 3.66. The van der Waals surface area contributed by atoms with Gasteiger partial charge in [0.15, 0.2) is 0 Å². The number of rotatable bonds is 5. The van der Waals surface area contributed by atoms with E-state index in [9.17, 15) is 4.79 Å². The van der Waals surface area contributed by atoms with Crippen molar-refractivity contribution in [3.8, 4) is 0 Å². The van der Waals surface area contributed by atoms with Gasteiger partial charge in [0.25, 0.3) is 0 Å². The van der Waals surface area contributed by atoms with E-state index in [1.165, 1.54) is 25.7 Å². The molecule has 0 saturated heterocycles. The minimum absolute atomic E-state index is 0.184. The molecule has 1 fully saturated rings. The third-order valence-electron chi connectivity index (χ3n) is 3.53. The molecule has 17 heavy (non-hydrogen) atoms. The number of carbonyl (C=O) groups is 1. The molecule has 1 saturated carbocycles. The van der Waals surface area contributed by atoms with Gasteiger partial charge in [-0.1, -0.05) is 36.4 Å². The first-order valence-corrected chi connectivity index (χ1v) is 7.85. The number of hydrogen-bond donors (Lipinski definition) is 1. The Balaban J connectivity index is 2.29. The lowest BCUT2D eigenvalue weighted by Gasteiger charge is -2.33. The van der Waals surface area contributed by atoms with Crippen LogP contribution < -0.4 is 5.32 Å². The van der Waals surface area contributed by atoms with Gasteiger partial charge in [0.1, 0.15) is 5.78 Å². The summed E-state index contributed by atoms with van der Waals surface area (Å²) in [6, 6.07) is 0.646. The summed E-state index contributed by atoms with van der Waals surface area (Å²) in [6.45, 7) is 8.44. The third kappa shape index (κ3) is 6.18. The first-order valence-electron chi connectivity index (χ1n) is 6.77. The second-order valence-electron chi connectivity index (χ2n) is 6.16. The number of alkyl halides is 1. The highest BCUT2D eigenvalue weighted by molar-refractivity contribution is 14.1. The summed E-state index contributed by atoms with van der Waals surface area (Å²) in [5.41, 5.74) is 0. The molecule has 0 unspecified atom stereocenters. The zero-order chi connectivity index (χ0) is 13.1. The van der Waals surface area contributed by atoms with Crippen molar-refractivity contribution in [2.75, 3.05) is 0 Å². The monoisotopic (exact) mass is 351 g/mol. The van der Waals surface area contributed by atoms with E-state index in [2.05, 4.69) is 41.8 Å². The Labute approximate surface area is 119 Å². The maximum absolute atomic E-state index is 11.7. The molecule has 0 aromatic carbocycles. The molecule has 0 spiro atoms. The zero-order valence-electron chi connectivity index (χ0n) is 11.6. The highest BCUT2D eigenvalue weighted by atomic mass is 127. The maximum atomic E-state index is 11.7. The molecule has 100 valence electrons. The van der Waals surface area contributed by atoms with Gasteiger partial charge in [0.2, 0.25) is 0 Å². The topological polar surface area (TPSA) is 29.1 Å². The summed E-state index contributed by atoms with van der Waals surface area (Å²) in [7, 11) is 0. The number of nitrogens with one attached hydrogen (secondary N) is 1. The van der Waals surface area contributed by atoms with Crippen LogP contribution in [-0.2, 0) is 4.79 Å². The van der Waals surface area contributed by atoms with Crippen molar-refractivity contribution in [2.45, 2.75) is 69.4 Å². The number of ketones is 1. The second-order valence-corrected chi connectivity index (χ2v) is 8.86. The van der Waals surface area contributed by atoms with E-state index >= 15 is 0 Å². The standard InChI is InChI=1S/C14H26INO/c1-10(2)13(17)9-11-5-7-12(8-6-11)16-14(3,4)15/h10-12,16H,5-9H2,1-4H3. The molecule has 3 heteroatoms. The number of halogens is 1. The number of Topliss-reactive ketones (excluding diaryl/α,β-unsaturated/α-hetero) is 1. The third-order valence-corrected chi connectivity index (χ3v) is 3.84. The predicted octanol–water partition coefficient (Wildman–Crippen LogP) is 3.92. The fourth-order valence-corrected chi connectivity index (χ4v) is 2.96. The molecule has 1 rings (SSSR count). The number of carbonyl (C=O) groups excluding carboxylic acids is 1. The lowest BCUT2D eigenvalue weighted by molar-refractivity contribution is -0.123. The molecule has 0 heterocycles. The molecule has 0 aliphatic heterocycles. The van der Waals surface area contributed by atoms with Gasteiger partial charge in [-0.25, -0.2) is 0 Å². The summed E-state index contributed by atoms with van der Waals surface area (Å²) < 4.78 is 0.184. The summed E-state index contributed by atoms with van der Waals surface area (Å²) in [6.07, 6.45) is 5.68. The maximum Gasteiger partial charge on any atom is 0.135 e. The van der Waals surface area contributed by atoms with E-state index in [1.54, 1.807) is 0 Å². The molecule has 0 radical (unpaired) electrons. The molecule has 0 amide bonds. The number of hydrogen-bond acceptors (Lipinski definition) is 2. The highest BCUT2D eigenvalue weighted by Gasteiger charge is 2.26. The van der Waals surface area contributed by atoms with Crippen LogP contribution in [0.15, 0.2) is 0 Å². The van der Waals surface area contributed by atoms with Crippen molar-refractivity contribution < 1.29 is 4.79 Å². The molecule has 2 nitrogen and oxygen atoms in total. The fourth-order valence-electron chi connectivity index (χ4n) is 2.52. The van der Waals surface area contributed by atoms with Crippen molar-refractivity contribution in [3.05, 3.63) is 0 Å². The largest absolute Gasteiger partial charge is 0.301 e. The Morgan fingerprint density at radius 1 is 1.29 bits per heavy atom. The van der Waals surface area contributed by atoms with E-state index in [0.717, 1.165) is 6.42 Å². The van der Waals surface area contributed by atoms with Crippen LogP contribution in [-0.4, -0.2) is 15.4 Å². The van der Waals surface area contributed by atoms with E-state index in [1.807, 2.05) is 13.8 Å². The first-order chi connectivity index (χ1) is 7.78. The first kappa shape index (κ1) is 15.4. The van der Waals surface area contributed by atoms with Crippen LogP contribution in [0, 0.1) is 11.8 Å². The highest BCUT2D eigenvalue weighted by Crippen LogP contribution is 2.29. The molecular weight excluding hydrogens is 325 g/mol. The Morgan fingerprint density at radius 3 is 2.24 bits per heavy atom. The normalized spacial score (nSPS) is 26.2. The van der Waals surface area contributed by atoms with Crippen molar-refractivity contribution in [1.82, 2.24) is 5.32 Å². The van der Waals surface area contributed by atoms with Crippen LogP contribution in [0.4, 0.5) is 0 Å². The minimum atomic E-state index is 0.184. The Bertz CT molecular complexity index is 249. The van der Waals surface area contributed by atoms with Gasteiger partial charge in [-0.05, 0) is 45.4 Å². The minimum Gasteiger partial charge on any atom is -0.301 e. The molecule has 0 aromatic rings. The van der Waals surface area contributed by atoms with Crippen LogP contribution in [0.3, 0.4) is 0 Å². The Morgan fingerprint density at radius 2 is 1.82 bits per heavy atom. The predicted molar refractivity (Wildman–Crippen MR) is 81.4 cm³/mol. The van der Waals surface area contributed by atoms with E-state index in [0.29, 0.717) is 17.7 Å². The quantitative estimate of drug-likeness (QED) is 0.462. The Kier molecular flexibility index (Phi) is 5.90. The molecule has 1 aliphatic carbocycles. The molecule has 0 bridgehead atoms. The SMILES string of the molecule is CC(C)C(=O)CC1CCC(NC(C)(C)I)CC1. The molecule has 0 aromatic heterocycles. The molecule has 0 atom stereocenters. The van der Waals surface area contributed by atoms with Crippen molar-refractivity contribution >= 4 is 28.4 Å². The average Bonchev–Trinajstić information content (AvgIpc) is 2.18. The van der Waals surface area contributed by atoms with Crippen LogP contribution >= 0.6 is 22.6 Å². The zero-order valence-corrected chi connectivity index (χ0v) is 13.7. The lowest BCUT2D eigenvalue weighted by Crippen LogP contribution is -2.43. The van der Waals surface area contributed by atoms with Crippen molar-refractivity contribution in [3.63, 3.8) is 0 Å². The van der Waals surface area contributed by atoms with Gasteiger partial charge < -0.3 is 5.32 Å². The van der Waals surface area contributed by atoms with Crippen LogP contribution in [0.5, 0.6) is 0 Å². The lowest BCUT2D eigenvalue weighted by atomic mass is 9.81. The van der Waals surface area contributed by atoms with Gasteiger partial charge >= 0.3 is 0 Å². The smallest absolute Gasteiger partial charge is 0.135 e. The van der Waals surface area contributed by atoms with Gasteiger partial charge in [0, 0.05) is 18.4 Å². The van der Waals surface area contributed by atoms with Gasteiger partial charge in [-0.15, -0.1) is 0 Å². The van der Waals surface area contributed by atoms with Crippen LogP contribution in [0.25, 0.3) is 0 Å². The summed E-state index contributed by atoms with van der Waals surface area (Å²) in [5.74, 6) is 1.29. The average molecular weight is 351 g/mol. The van der Waals surface area contributed by atoms with Crippen LogP contribution in [0.2, 0.25) is 0 Å². The second kappa shape index (κ2) is 6.50. The van der Waals surface area contributed by atoms with E-state index in [4.69, 9.17) is 0 Å². The van der Waals surface area contributed by atoms with Crippen molar-refractivity contribution in [2.24, 2.45) is 11.8 Å². The summed E-state index contributed by atoms with van der Waals surface area (Å²) in [4.78, 5) is 11.7. The van der Waals surface area contributed by atoms with E-state index in [-0.39, 0.29) is 9.46 Å². The van der Waals surface area contributed by atoms with Crippen LogP contribution in [0.1, 0.15) is 59.8 Å². The Hall–Kier alpha value is 0.360. The van der Waals surface area contributed by atoms with Gasteiger partial charge in [-0.2, -0.15) is 0 Å².